The number of nitrogens with zero attached hydrogens (tertiary/aromatic N) is 3. The Hall–Kier alpha value is -2.07. The zero-order valence-electron chi connectivity index (χ0n) is 19.0. The number of rotatable bonds is 6. The van der Waals surface area contributed by atoms with Crippen molar-refractivity contribution in [2.75, 3.05) is 18.4 Å². The fraction of sp³-hybridized carbons (Fsp3) is 0.500. The van der Waals surface area contributed by atoms with Gasteiger partial charge in [0.1, 0.15) is 16.5 Å². The number of likely N-dealkylation sites (tertiary alicyclic amines) is 1. The van der Waals surface area contributed by atoms with Gasteiger partial charge in [0.2, 0.25) is 10.0 Å². The Morgan fingerprint density at radius 1 is 1.06 bits per heavy atom. The Balaban J connectivity index is 1.48. The molecule has 0 saturated carbocycles. The number of thiophene rings is 1. The molecule has 1 fully saturated rings. The molecule has 2 aromatic heterocycles. The third-order valence-electron chi connectivity index (χ3n) is 6.74. The molecule has 3 N–H and O–H groups in total. The Morgan fingerprint density at radius 2 is 1.79 bits per heavy atom. The SMILES string of the molecule is C[C@@H](Nc1nc(CN2CCCCC2)nc2sc3c(c12)CCCC3)c1ccc(S(N)(=O)=O)cc1. The molecule has 0 unspecified atom stereocenters. The number of hydrogen-bond donors (Lipinski definition) is 2. The van der Waals surface area contributed by atoms with Crippen molar-refractivity contribution in [3.05, 3.63) is 46.1 Å². The zero-order chi connectivity index (χ0) is 23.0. The number of aromatic nitrogens is 2. The minimum absolute atomic E-state index is 0.0420. The second-order valence-corrected chi connectivity index (χ2v) is 11.8. The summed E-state index contributed by atoms with van der Waals surface area (Å²) in [6.07, 6.45) is 8.45. The number of nitrogens with one attached hydrogen (secondary N) is 1. The Morgan fingerprint density at radius 3 is 2.52 bits per heavy atom. The van der Waals surface area contributed by atoms with Crippen molar-refractivity contribution in [3.63, 3.8) is 0 Å². The third kappa shape index (κ3) is 4.91. The van der Waals surface area contributed by atoms with Crippen LogP contribution in [0.5, 0.6) is 0 Å². The molecule has 0 spiro atoms. The van der Waals surface area contributed by atoms with E-state index < -0.39 is 10.0 Å². The second-order valence-electron chi connectivity index (χ2n) is 9.20. The van der Waals surface area contributed by atoms with Gasteiger partial charge in [0.25, 0.3) is 0 Å². The summed E-state index contributed by atoms with van der Waals surface area (Å²) in [5, 5.41) is 10.1. The van der Waals surface area contributed by atoms with Crippen LogP contribution in [-0.4, -0.2) is 36.4 Å². The molecule has 3 aromatic rings. The highest BCUT2D eigenvalue weighted by atomic mass is 32.2. The predicted molar refractivity (Wildman–Crippen MR) is 133 cm³/mol. The van der Waals surface area contributed by atoms with Crippen LogP contribution in [0.4, 0.5) is 5.82 Å². The summed E-state index contributed by atoms with van der Waals surface area (Å²) in [4.78, 5) is 15.1. The standard InChI is InChI=1S/C24H31N5O2S2/c1-16(17-9-11-18(12-10-17)33(25,30)31)26-23-22-19-7-3-4-8-20(19)32-24(22)28-21(27-23)15-29-13-5-2-6-14-29/h9-12,16H,2-8,13-15H2,1H3,(H2,25,30,31)(H,26,27,28)/t16-/m1/s1. The van der Waals surface area contributed by atoms with E-state index in [1.54, 1.807) is 12.1 Å². The van der Waals surface area contributed by atoms with Crippen molar-refractivity contribution in [1.29, 1.82) is 0 Å². The van der Waals surface area contributed by atoms with Crippen molar-refractivity contribution < 1.29 is 8.42 Å². The van der Waals surface area contributed by atoms with Crippen molar-refractivity contribution in [3.8, 4) is 0 Å². The predicted octanol–water partition coefficient (Wildman–Crippen LogP) is 4.38. The number of benzene rings is 1. The number of nitrogens with two attached hydrogens (primary N) is 1. The minimum Gasteiger partial charge on any atom is -0.363 e. The van der Waals surface area contributed by atoms with Crippen LogP contribution in [0.15, 0.2) is 29.2 Å². The molecular weight excluding hydrogens is 454 g/mol. The summed E-state index contributed by atoms with van der Waals surface area (Å²) in [5.74, 6) is 1.77. The number of anilines is 1. The molecule has 1 aromatic carbocycles. The van der Waals surface area contributed by atoms with Crippen molar-refractivity contribution in [2.45, 2.75) is 69.4 Å². The molecule has 176 valence electrons. The van der Waals surface area contributed by atoms with Gasteiger partial charge in [0.15, 0.2) is 0 Å². The highest BCUT2D eigenvalue weighted by molar-refractivity contribution is 7.89. The first-order valence-electron chi connectivity index (χ1n) is 11.8. The topological polar surface area (TPSA) is 101 Å². The normalized spacial score (nSPS) is 18.2. The van der Waals surface area contributed by atoms with Crippen LogP contribution < -0.4 is 10.5 Å². The first kappa shape index (κ1) is 22.7. The Labute approximate surface area is 199 Å². The lowest BCUT2D eigenvalue weighted by molar-refractivity contribution is 0.216. The maximum Gasteiger partial charge on any atom is 0.238 e. The van der Waals surface area contributed by atoms with Crippen molar-refractivity contribution >= 4 is 37.4 Å². The fourth-order valence-electron chi connectivity index (χ4n) is 4.93. The first-order chi connectivity index (χ1) is 15.9. The lowest BCUT2D eigenvalue weighted by Gasteiger charge is -2.26. The average molecular weight is 486 g/mol. The maximum atomic E-state index is 11.6. The lowest BCUT2D eigenvalue weighted by atomic mass is 9.97. The van der Waals surface area contributed by atoms with Crippen molar-refractivity contribution in [1.82, 2.24) is 14.9 Å². The molecule has 1 aliphatic carbocycles. The van der Waals surface area contributed by atoms with Crippen LogP contribution in [0, 0.1) is 0 Å². The van der Waals surface area contributed by atoms with E-state index in [-0.39, 0.29) is 10.9 Å². The highest BCUT2D eigenvalue weighted by Crippen LogP contribution is 2.39. The van der Waals surface area contributed by atoms with E-state index in [9.17, 15) is 8.42 Å². The number of aryl methyl sites for hydroxylation is 2. The van der Waals surface area contributed by atoms with E-state index in [2.05, 4.69) is 17.1 Å². The molecule has 0 amide bonds. The van der Waals surface area contributed by atoms with E-state index in [0.717, 1.165) is 54.5 Å². The van der Waals surface area contributed by atoms with Crippen LogP contribution in [0.2, 0.25) is 0 Å². The van der Waals surface area contributed by atoms with Gasteiger partial charge in [-0.25, -0.2) is 23.5 Å². The molecule has 0 radical (unpaired) electrons. The summed E-state index contributed by atoms with van der Waals surface area (Å²) >= 11 is 1.83. The van der Waals surface area contributed by atoms with E-state index in [0.29, 0.717) is 0 Å². The molecule has 9 heteroatoms. The summed E-state index contributed by atoms with van der Waals surface area (Å²) in [6.45, 7) is 5.07. The molecule has 1 aliphatic heterocycles. The van der Waals surface area contributed by atoms with Gasteiger partial charge in [0, 0.05) is 10.9 Å². The quantitative estimate of drug-likeness (QED) is 0.537. The maximum absolute atomic E-state index is 11.6. The molecule has 7 nitrogen and oxygen atoms in total. The van der Waals surface area contributed by atoms with E-state index in [1.807, 2.05) is 23.5 Å². The minimum atomic E-state index is -3.70. The van der Waals surface area contributed by atoms with Gasteiger partial charge in [-0.2, -0.15) is 0 Å². The number of sulfonamides is 1. The third-order valence-corrected chi connectivity index (χ3v) is 8.85. The molecular formula is C24H31N5O2S2. The van der Waals surface area contributed by atoms with Gasteiger partial charge in [-0.15, -0.1) is 11.3 Å². The van der Waals surface area contributed by atoms with Gasteiger partial charge < -0.3 is 5.32 Å². The monoisotopic (exact) mass is 485 g/mol. The average Bonchev–Trinajstić information content (AvgIpc) is 3.18. The molecule has 33 heavy (non-hydrogen) atoms. The van der Waals surface area contributed by atoms with E-state index in [1.165, 1.54) is 47.9 Å². The van der Waals surface area contributed by atoms with Gasteiger partial charge in [0.05, 0.1) is 16.8 Å². The fourth-order valence-corrected chi connectivity index (χ4v) is 6.72. The Bertz CT molecular complexity index is 1250. The number of primary sulfonamides is 1. The van der Waals surface area contributed by atoms with Gasteiger partial charge in [-0.3, -0.25) is 4.90 Å². The zero-order valence-corrected chi connectivity index (χ0v) is 20.6. The first-order valence-corrected chi connectivity index (χ1v) is 14.2. The smallest absolute Gasteiger partial charge is 0.238 e. The van der Waals surface area contributed by atoms with Crippen LogP contribution >= 0.6 is 11.3 Å². The van der Waals surface area contributed by atoms with Gasteiger partial charge in [-0.05, 0) is 81.8 Å². The molecule has 0 bridgehead atoms. The van der Waals surface area contributed by atoms with E-state index >= 15 is 0 Å². The molecule has 2 aliphatic rings. The molecule has 3 heterocycles. The Kier molecular flexibility index (Phi) is 6.39. The van der Waals surface area contributed by atoms with Crippen LogP contribution in [0.1, 0.15) is 66.9 Å². The van der Waals surface area contributed by atoms with E-state index in [4.69, 9.17) is 15.1 Å². The van der Waals surface area contributed by atoms with Crippen LogP contribution in [0.25, 0.3) is 10.2 Å². The number of hydrogen-bond acceptors (Lipinski definition) is 7. The summed E-state index contributed by atoms with van der Waals surface area (Å²) < 4.78 is 23.2. The highest BCUT2D eigenvalue weighted by Gasteiger charge is 2.23. The lowest BCUT2D eigenvalue weighted by Crippen LogP contribution is -2.30. The molecule has 1 atom stereocenters. The van der Waals surface area contributed by atoms with Crippen LogP contribution in [0.3, 0.4) is 0 Å². The summed E-state index contributed by atoms with van der Waals surface area (Å²) in [7, 11) is -3.70. The summed E-state index contributed by atoms with van der Waals surface area (Å²) in [5.41, 5.74) is 2.39. The van der Waals surface area contributed by atoms with Crippen LogP contribution in [-0.2, 0) is 29.4 Å². The molecule has 1 saturated heterocycles. The van der Waals surface area contributed by atoms with Gasteiger partial charge in [-0.1, -0.05) is 18.6 Å². The summed E-state index contributed by atoms with van der Waals surface area (Å²) in [6, 6.07) is 6.71. The number of fused-ring (bicyclic) bond motifs is 3. The largest absolute Gasteiger partial charge is 0.363 e. The molecule has 5 rings (SSSR count). The van der Waals surface area contributed by atoms with Gasteiger partial charge >= 0.3 is 0 Å². The van der Waals surface area contributed by atoms with Crippen molar-refractivity contribution in [2.24, 2.45) is 5.14 Å². The second kappa shape index (κ2) is 9.29. The number of piperidine rings is 1.